The molecule has 1 N–H and O–H groups in total. The molecule has 0 aliphatic carbocycles. The van der Waals surface area contributed by atoms with Gasteiger partial charge in [-0.3, -0.25) is 9.59 Å². The number of rotatable bonds is 5. The highest BCUT2D eigenvalue weighted by Gasteiger charge is 2.16. The van der Waals surface area contributed by atoms with Crippen molar-refractivity contribution in [3.8, 4) is 0 Å². The first kappa shape index (κ1) is 16.3. The Hall–Kier alpha value is -2.10. The van der Waals surface area contributed by atoms with Crippen LogP contribution in [0.2, 0.25) is 0 Å². The smallest absolute Gasteiger partial charge is 0.256 e. The van der Waals surface area contributed by atoms with Crippen molar-refractivity contribution in [3.05, 3.63) is 45.7 Å². The van der Waals surface area contributed by atoms with Crippen LogP contribution in [0.4, 0.5) is 0 Å². The molecule has 2 aromatic rings. The molecule has 1 aromatic heterocycles. The van der Waals surface area contributed by atoms with Gasteiger partial charge < -0.3 is 9.88 Å². The molecular weight excluding hydrogens is 276 g/mol. The van der Waals surface area contributed by atoms with Crippen LogP contribution in [0.15, 0.2) is 29.2 Å². The molecule has 0 saturated carbocycles. The maximum Gasteiger partial charge on any atom is 0.256 e. The second kappa shape index (κ2) is 6.77. The predicted molar refractivity (Wildman–Crippen MR) is 90.5 cm³/mol. The maximum atomic E-state index is 12.7. The number of aryl methyl sites for hydroxylation is 2. The van der Waals surface area contributed by atoms with Gasteiger partial charge in [-0.15, -0.1) is 0 Å². The van der Waals surface area contributed by atoms with E-state index < -0.39 is 0 Å². The molecule has 0 aliphatic heterocycles. The molecule has 1 amide bonds. The zero-order valence-corrected chi connectivity index (χ0v) is 13.8. The summed E-state index contributed by atoms with van der Waals surface area (Å²) in [7, 11) is 0. The first-order valence-corrected chi connectivity index (χ1v) is 7.92. The number of aromatic nitrogens is 1. The minimum Gasteiger partial charge on any atom is -0.349 e. The lowest BCUT2D eigenvalue weighted by Gasteiger charge is -2.15. The van der Waals surface area contributed by atoms with E-state index in [1.54, 1.807) is 6.20 Å². The molecule has 4 nitrogen and oxygen atoms in total. The molecule has 1 heterocycles. The van der Waals surface area contributed by atoms with E-state index in [1.165, 1.54) is 0 Å². The monoisotopic (exact) mass is 300 g/mol. The number of carbonyl (C=O) groups excluding carboxylic acids is 1. The molecule has 0 unspecified atom stereocenters. The molecule has 0 spiro atoms. The van der Waals surface area contributed by atoms with Crippen LogP contribution in [0, 0.1) is 6.92 Å². The summed E-state index contributed by atoms with van der Waals surface area (Å²) in [5.41, 5.74) is 1.92. The number of benzene rings is 1. The van der Waals surface area contributed by atoms with E-state index in [-0.39, 0.29) is 22.9 Å². The van der Waals surface area contributed by atoms with Crippen LogP contribution in [0.25, 0.3) is 10.9 Å². The first-order valence-electron chi connectivity index (χ1n) is 7.92. The number of hydrogen-bond donors (Lipinski definition) is 1. The third-order valence-electron chi connectivity index (χ3n) is 3.92. The fourth-order valence-electron chi connectivity index (χ4n) is 2.74. The highest BCUT2D eigenvalue weighted by atomic mass is 16.2. The summed E-state index contributed by atoms with van der Waals surface area (Å²) in [6, 6.07) is 5.85. The van der Waals surface area contributed by atoms with Gasteiger partial charge in [-0.25, -0.2) is 0 Å². The minimum absolute atomic E-state index is 0.0696. The Morgan fingerprint density at radius 2 is 2.05 bits per heavy atom. The fraction of sp³-hybridized carbons (Fsp3) is 0.444. The van der Waals surface area contributed by atoms with Gasteiger partial charge in [-0.2, -0.15) is 0 Å². The van der Waals surface area contributed by atoms with Crippen molar-refractivity contribution in [3.63, 3.8) is 0 Å². The minimum atomic E-state index is -0.281. The van der Waals surface area contributed by atoms with Crippen molar-refractivity contribution in [2.75, 3.05) is 0 Å². The number of fused-ring (bicyclic) bond motifs is 1. The van der Waals surface area contributed by atoms with E-state index in [2.05, 4.69) is 12.2 Å². The van der Waals surface area contributed by atoms with E-state index >= 15 is 0 Å². The lowest BCUT2D eigenvalue weighted by atomic mass is 10.1. The molecule has 1 atom stereocenters. The number of amides is 1. The normalized spacial score (nSPS) is 12.4. The largest absolute Gasteiger partial charge is 0.349 e. The van der Waals surface area contributed by atoms with E-state index in [0.29, 0.717) is 11.9 Å². The molecule has 0 saturated heterocycles. The van der Waals surface area contributed by atoms with Crippen LogP contribution in [0.5, 0.6) is 0 Å². The van der Waals surface area contributed by atoms with Gasteiger partial charge in [-0.05, 0) is 39.3 Å². The lowest BCUT2D eigenvalue weighted by Crippen LogP contribution is -2.35. The number of nitrogens with zero attached hydrogens (tertiary/aromatic N) is 1. The van der Waals surface area contributed by atoms with Gasteiger partial charge in [0.15, 0.2) is 0 Å². The van der Waals surface area contributed by atoms with Crippen LogP contribution in [-0.4, -0.2) is 16.5 Å². The zero-order chi connectivity index (χ0) is 16.3. The molecule has 4 heteroatoms. The standard InChI is InChI=1S/C18H24N2O2/c1-5-7-13(4)19-18(22)15-11-20(6-2)16-9-8-12(3)10-14(16)17(15)21/h8-11,13H,5-7H2,1-4H3,(H,19,22)/t13-/m0/s1. The quantitative estimate of drug-likeness (QED) is 0.921. The van der Waals surface area contributed by atoms with Crippen molar-refractivity contribution in [2.24, 2.45) is 0 Å². The summed E-state index contributed by atoms with van der Waals surface area (Å²) in [5, 5.41) is 3.53. The SMILES string of the molecule is CCC[C@H](C)NC(=O)c1cn(CC)c2ccc(C)cc2c1=O. The van der Waals surface area contributed by atoms with Gasteiger partial charge in [0.05, 0.1) is 5.52 Å². The van der Waals surface area contributed by atoms with Crippen LogP contribution in [0.1, 0.15) is 49.5 Å². The van der Waals surface area contributed by atoms with Crippen molar-refractivity contribution < 1.29 is 4.79 Å². The third kappa shape index (κ3) is 3.21. The molecule has 118 valence electrons. The first-order chi connectivity index (χ1) is 10.5. The molecule has 0 bridgehead atoms. The second-order valence-electron chi connectivity index (χ2n) is 5.84. The Morgan fingerprint density at radius 3 is 2.68 bits per heavy atom. The number of carbonyl (C=O) groups is 1. The molecule has 22 heavy (non-hydrogen) atoms. The Morgan fingerprint density at radius 1 is 1.32 bits per heavy atom. The van der Waals surface area contributed by atoms with E-state index in [1.807, 2.05) is 43.5 Å². The Kier molecular flexibility index (Phi) is 5.01. The Bertz CT molecular complexity index is 747. The van der Waals surface area contributed by atoms with Crippen molar-refractivity contribution in [2.45, 2.75) is 53.1 Å². The molecule has 2 rings (SSSR count). The highest BCUT2D eigenvalue weighted by molar-refractivity contribution is 5.97. The van der Waals surface area contributed by atoms with Crippen LogP contribution >= 0.6 is 0 Å². The predicted octanol–water partition coefficient (Wildman–Crippen LogP) is 3.25. The van der Waals surface area contributed by atoms with Crippen molar-refractivity contribution in [1.29, 1.82) is 0 Å². The second-order valence-corrected chi connectivity index (χ2v) is 5.84. The van der Waals surface area contributed by atoms with Gasteiger partial charge in [0.2, 0.25) is 5.43 Å². The topological polar surface area (TPSA) is 51.1 Å². The van der Waals surface area contributed by atoms with Crippen LogP contribution in [-0.2, 0) is 6.54 Å². The van der Waals surface area contributed by atoms with Gasteiger partial charge in [0, 0.05) is 24.2 Å². The van der Waals surface area contributed by atoms with Crippen LogP contribution < -0.4 is 10.7 Å². The van der Waals surface area contributed by atoms with E-state index in [0.717, 1.165) is 23.9 Å². The van der Waals surface area contributed by atoms with Crippen molar-refractivity contribution in [1.82, 2.24) is 9.88 Å². The van der Waals surface area contributed by atoms with E-state index in [9.17, 15) is 9.59 Å². The summed E-state index contributed by atoms with van der Waals surface area (Å²) in [5.74, 6) is -0.281. The lowest BCUT2D eigenvalue weighted by molar-refractivity contribution is 0.0936. The third-order valence-corrected chi connectivity index (χ3v) is 3.92. The fourth-order valence-corrected chi connectivity index (χ4v) is 2.74. The summed E-state index contributed by atoms with van der Waals surface area (Å²) >= 11 is 0. The average Bonchev–Trinajstić information content (AvgIpc) is 2.48. The molecule has 0 aliphatic rings. The summed E-state index contributed by atoms with van der Waals surface area (Å²) in [6.07, 6.45) is 3.58. The summed E-state index contributed by atoms with van der Waals surface area (Å²) < 4.78 is 1.95. The average molecular weight is 300 g/mol. The Labute approximate surface area is 131 Å². The summed E-state index contributed by atoms with van der Waals surface area (Å²) in [6.45, 7) is 8.71. The Balaban J connectivity index is 2.52. The van der Waals surface area contributed by atoms with E-state index in [4.69, 9.17) is 0 Å². The maximum absolute atomic E-state index is 12.7. The zero-order valence-electron chi connectivity index (χ0n) is 13.8. The van der Waals surface area contributed by atoms with Gasteiger partial charge in [0.25, 0.3) is 5.91 Å². The highest BCUT2D eigenvalue weighted by Crippen LogP contribution is 2.14. The molecule has 0 fully saturated rings. The van der Waals surface area contributed by atoms with Gasteiger partial charge in [-0.1, -0.05) is 25.0 Å². The molecular formula is C18H24N2O2. The molecule has 0 radical (unpaired) electrons. The number of hydrogen-bond acceptors (Lipinski definition) is 2. The number of pyridine rings is 1. The van der Waals surface area contributed by atoms with Crippen LogP contribution in [0.3, 0.4) is 0 Å². The number of nitrogens with one attached hydrogen (secondary N) is 1. The summed E-state index contributed by atoms with van der Waals surface area (Å²) in [4.78, 5) is 25.1. The van der Waals surface area contributed by atoms with Gasteiger partial charge >= 0.3 is 0 Å². The molecule has 1 aromatic carbocycles. The van der Waals surface area contributed by atoms with Gasteiger partial charge in [0.1, 0.15) is 5.56 Å². The van der Waals surface area contributed by atoms with Crippen molar-refractivity contribution >= 4 is 16.8 Å².